The van der Waals surface area contributed by atoms with E-state index in [-0.39, 0.29) is 0 Å². The third-order valence-electron chi connectivity index (χ3n) is 8.50. The summed E-state index contributed by atoms with van der Waals surface area (Å²) >= 11 is -5.11. The number of benzene rings is 6. The van der Waals surface area contributed by atoms with Gasteiger partial charge in [0.15, 0.2) is 0 Å². The second-order valence-corrected chi connectivity index (χ2v) is 25.4. The molecule has 0 radical (unpaired) electrons. The fourth-order valence-corrected chi connectivity index (χ4v) is 25.0. The van der Waals surface area contributed by atoms with Gasteiger partial charge in [-0.2, -0.15) is 0 Å². The van der Waals surface area contributed by atoms with Crippen LogP contribution in [-0.2, 0) is 30.8 Å². The van der Waals surface area contributed by atoms with Crippen molar-refractivity contribution in [2.24, 2.45) is 0 Å². The Morgan fingerprint density at radius 1 is 0.314 bits per heavy atom. The normalized spacial score (nSPS) is 12.8. The maximum absolute atomic E-state index is 8.15. The van der Waals surface area contributed by atoms with E-state index in [1.54, 1.807) is 0 Å². The van der Waals surface area contributed by atoms with Gasteiger partial charge in [-0.15, -0.1) is 0 Å². The molecule has 0 aliphatic rings. The first-order valence-corrected chi connectivity index (χ1v) is 24.0. The van der Waals surface area contributed by atoms with Crippen molar-refractivity contribution in [2.75, 3.05) is 0 Å². The van der Waals surface area contributed by atoms with E-state index >= 15 is 0 Å². The molecule has 0 heterocycles. The molecule has 0 N–H and O–H groups in total. The van der Waals surface area contributed by atoms with Crippen molar-refractivity contribution in [3.63, 3.8) is 0 Å². The zero-order valence-corrected chi connectivity index (χ0v) is 34.0. The van der Waals surface area contributed by atoms with Crippen molar-refractivity contribution < 1.29 is 30.8 Å². The van der Waals surface area contributed by atoms with Crippen LogP contribution < -0.4 is 31.1 Å². The Morgan fingerprint density at radius 3 is 0.647 bits per heavy atom. The minimum absolute atomic E-state index is 0.681. The van der Waals surface area contributed by atoms with Crippen LogP contribution in [0.3, 0.4) is 0 Å². The van der Waals surface area contributed by atoms with Gasteiger partial charge in [-0.25, -0.2) is 0 Å². The van der Waals surface area contributed by atoms with Crippen molar-refractivity contribution in [2.45, 2.75) is 52.7 Å². The summed E-state index contributed by atoms with van der Waals surface area (Å²) in [5.74, 6) is 0. The first-order chi connectivity index (χ1) is 24.5. The van der Waals surface area contributed by atoms with E-state index in [0.29, 0.717) is 0 Å². The summed E-state index contributed by atoms with van der Waals surface area (Å²) < 4.78 is 31.2. The molecule has 6 aromatic carbocycles. The minimum atomic E-state index is -5.11. The molecule has 0 aliphatic carbocycles. The van der Waals surface area contributed by atoms with Crippen LogP contribution >= 0.6 is 0 Å². The summed E-state index contributed by atoms with van der Waals surface area (Å²) in [5, 5.41) is 6.51. The van der Waals surface area contributed by atoms with Gasteiger partial charge in [0.25, 0.3) is 0 Å². The molecule has 6 aromatic rings. The molecule has 51 heavy (non-hydrogen) atoms. The Morgan fingerprint density at radius 2 is 0.490 bits per heavy atom. The molecule has 0 fully saturated rings. The van der Waals surface area contributed by atoms with Gasteiger partial charge < -0.3 is 0 Å². The zero-order chi connectivity index (χ0) is 36.0. The van der Waals surface area contributed by atoms with Crippen molar-refractivity contribution in [3.8, 4) is 0 Å². The molecule has 0 aromatic heterocycles. The van der Waals surface area contributed by atoms with Crippen LogP contribution in [0.25, 0.3) is 0 Å². The van der Waals surface area contributed by atoms with Gasteiger partial charge in [-0.1, -0.05) is 0 Å². The molecule has 0 spiro atoms. The van der Waals surface area contributed by atoms with E-state index in [9.17, 15) is 0 Å². The van der Waals surface area contributed by atoms with Crippen LogP contribution in [0.5, 0.6) is 0 Å². The van der Waals surface area contributed by atoms with Crippen LogP contribution in [0, 0.1) is 0 Å². The number of hydrogen-bond donors (Lipinski definition) is 0. The summed E-state index contributed by atoms with van der Waals surface area (Å²) in [4.78, 5) is 0. The third-order valence-corrected chi connectivity index (χ3v) is 24.4. The van der Waals surface area contributed by atoms with E-state index in [4.69, 9.17) is 12.7 Å². The van der Waals surface area contributed by atoms with Crippen LogP contribution in [0.4, 0.5) is 0 Å². The monoisotopic (exact) mass is 744 g/mol. The van der Waals surface area contributed by atoms with Gasteiger partial charge in [-0.05, 0) is 0 Å². The van der Waals surface area contributed by atoms with Gasteiger partial charge in [-0.3, -0.25) is 0 Å². The topological polar surface area (TPSA) is 36.9 Å². The first-order valence-electron chi connectivity index (χ1n) is 17.6. The van der Waals surface area contributed by atoms with E-state index in [1.807, 2.05) is 0 Å². The molecule has 0 bridgehead atoms. The molecule has 0 amide bonds. The van der Waals surface area contributed by atoms with Crippen LogP contribution in [0.15, 0.2) is 182 Å². The zero-order valence-electron chi connectivity index (χ0n) is 30.5. The molecule has 0 unspecified atom stereocenters. The Labute approximate surface area is 311 Å². The Bertz CT molecular complexity index is 1610. The average Bonchev–Trinajstić information content (AvgIpc) is 3.14. The SMILES string of the molecule is CC(C)(C)[O][Ti]([O]C(C)(C)C)([O][Si](c1ccccc1)(c1ccccc1)c1ccccc1)[O][Si](c1ccccc1)(c1ccccc1)c1ccccc1. The quantitative estimate of drug-likeness (QED) is 0.102. The predicted molar refractivity (Wildman–Crippen MR) is 212 cm³/mol. The van der Waals surface area contributed by atoms with Crippen molar-refractivity contribution in [1.29, 1.82) is 0 Å². The summed E-state index contributed by atoms with van der Waals surface area (Å²) in [5.41, 5.74) is -1.36. The summed E-state index contributed by atoms with van der Waals surface area (Å²) in [6, 6.07) is 63.6. The van der Waals surface area contributed by atoms with E-state index in [2.05, 4.69) is 224 Å². The molecular weight excluding hydrogens is 697 g/mol. The Hall–Kier alpha value is -3.69. The van der Waals surface area contributed by atoms with Gasteiger partial charge in [0.2, 0.25) is 0 Å². The van der Waals surface area contributed by atoms with Crippen molar-refractivity contribution in [1.82, 2.24) is 0 Å². The second kappa shape index (κ2) is 15.5. The Balaban J connectivity index is 1.75. The van der Waals surface area contributed by atoms with Crippen LogP contribution in [-0.4, -0.2) is 27.8 Å². The van der Waals surface area contributed by atoms with Crippen molar-refractivity contribution in [3.05, 3.63) is 182 Å². The van der Waals surface area contributed by atoms with Crippen LogP contribution in [0.1, 0.15) is 41.5 Å². The molecule has 7 heteroatoms. The van der Waals surface area contributed by atoms with E-state index in [1.165, 1.54) is 0 Å². The van der Waals surface area contributed by atoms with Gasteiger partial charge in [0.05, 0.1) is 0 Å². The molecule has 4 nitrogen and oxygen atoms in total. The molecule has 260 valence electrons. The van der Waals surface area contributed by atoms with Gasteiger partial charge in [0, 0.05) is 0 Å². The Kier molecular flexibility index (Phi) is 11.3. The summed E-state index contributed by atoms with van der Waals surface area (Å²) in [6.07, 6.45) is 0. The molecular formula is C44H48O4Si2Ti. The van der Waals surface area contributed by atoms with Crippen LogP contribution in [0.2, 0.25) is 0 Å². The number of rotatable bonds is 12. The first kappa shape index (κ1) is 37.1. The molecule has 0 saturated carbocycles. The second-order valence-electron chi connectivity index (χ2n) is 14.7. The standard InChI is InChI=1S/2C18H15OSi.2C4H9O.Ti/c2*19-20(16-10-4-1-5-11-16,17-12-6-2-7-13-17)18-14-8-3-9-15-18;2*1-4(2,3)5;/h2*1-15H;2*1-3H3;/q4*-1;+4. The van der Waals surface area contributed by atoms with Crippen molar-refractivity contribution >= 4 is 47.8 Å². The molecule has 0 saturated heterocycles. The molecule has 0 atom stereocenters. The third kappa shape index (κ3) is 8.36. The fourth-order valence-electron chi connectivity index (χ4n) is 6.64. The van der Waals surface area contributed by atoms with E-state index in [0.717, 1.165) is 31.1 Å². The predicted octanol–water partition coefficient (Wildman–Crippen LogP) is 6.80. The summed E-state index contributed by atoms with van der Waals surface area (Å²) in [7, 11) is -6.86. The molecule has 6 rings (SSSR count). The fraction of sp³-hybridized carbons (Fsp3) is 0.182. The summed E-state index contributed by atoms with van der Waals surface area (Å²) in [6.45, 7) is 12.4. The molecule has 0 aliphatic heterocycles. The average molecular weight is 745 g/mol. The number of hydrogen-bond acceptors (Lipinski definition) is 4. The maximum atomic E-state index is 8.15. The van der Waals surface area contributed by atoms with Gasteiger partial charge in [0.1, 0.15) is 0 Å². The van der Waals surface area contributed by atoms with E-state index < -0.39 is 46.0 Å². The van der Waals surface area contributed by atoms with Gasteiger partial charge >= 0.3 is 313 Å².